The Morgan fingerprint density at radius 1 is 1.35 bits per heavy atom. The van der Waals surface area contributed by atoms with E-state index in [1.807, 2.05) is 0 Å². The van der Waals surface area contributed by atoms with E-state index in [0.717, 1.165) is 19.4 Å². The Balaban J connectivity index is 2.00. The molecule has 0 atom stereocenters. The molecular weight excluding hydrogens is 222 g/mol. The first-order valence-corrected chi connectivity index (χ1v) is 6.13. The van der Waals surface area contributed by atoms with Gasteiger partial charge in [0.1, 0.15) is 5.84 Å². The lowest BCUT2D eigenvalue weighted by molar-refractivity contribution is -0.0614. The highest BCUT2D eigenvalue weighted by Gasteiger charge is 2.28. The van der Waals surface area contributed by atoms with Crippen LogP contribution in [0.4, 0.5) is 0 Å². The third-order valence-electron chi connectivity index (χ3n) is 3.04. The normalized spacial score (nSPS) is 20.4. The highest BCUT2D eigenvalue weighted by molar-refractivity contribution is 5.79. The number of nitrogens with zero attached hydrogens (tertiary/aromatic N) is 1. The van der Waals surface area contributed by atoms with Crippen LogP contribution in [0.5, 0.6) is 0 Å². The van der Waals surface area contributed by atoms with Gasteiger partial charge in [0, 0.05) is 39.0 Å². The molecule has 6 nitrogen and oxygen atoms in total. The number of amidine groups is 1. The molecule has 17 heavy (non-hydrogen) atoms. The van der Waals surface area contributed by atoms with Crippen molar-refractivity contribution in [1.82, 2.24) is 5.32 Å². The van der Waals surface area contributed by atoms with Crippen molar-refractivity contribution in [3.8, 4) is 0 Å². The van der Waals surface area contributed by atoms with E-state index in [0.29, 0.717) is 39.0 Å². The zero-order valence-corrected chi connectivity index (χ0v) is 10.2. The van der Waals surface area contributed by atoms with Crippen molar-refractivity contribution < 1.29 is 15.1 Å². The van der Waals surface area contributed by atoms with Crippen LogP contribution in [0.1, 0.15) is 32.1 Å². The fraction of sp³-hybridized carbons (Fsp3) is 0.909. The summed E-state index contributed by atoms with van der Waals surface area (Å²) in [5, 5.41) is 24.6. The third-order valence-corrected chi connectivity index (χ3v) is 3.04. The Morgan fingerprint density at radius 2 is 2.06 bits per heavy atom. The highest BCUT2D eigenvalue weighted by atomic mass is 16.5. The van der Waals surface area contributed by atoms with Crippen LogP contribution in [-0.4, -0.2) is 48.1 Å². The summed E-state index contributed by atoms with van der Waals surface area (Å²) in [5.41, 5.74) is 4.74. The van der Waals surface area contributed by atoms with Crippen LogP contribution in [0, 0.1) is 0 Å². The number of aliphatic hydroxyl groups is 1. The van der Waals surface area contributed by atoms with E-state index in [2.05, 4.69) is 10.5 Å². The van der Waals surface area contributed by atoms with Crippen molar-refractivity contribution in [3.63, 3.8) is 0 Å². The van der Waals surface area contributed by atoms with Gasteiger partial charge >= 0.3 is 0 Å². The van der Waals surface area contributed by atoms with Crippen LogP contribution in [0.25, 0.3) is 0 Å². The van der Waals surface area contributed by atoms with Gasteiger partial charge in [-0.25, -0.2) is 0 Å². The van der Waals surface area contributed by atoms with Crippen LogP contribution in [-0.2, 0) is 4.74 Å². The fourth-order valence-corrected chi connectivity index (χ4v) is 1.86. The van der Waals surface area contributed by atoms with E-state index >= 15 is 0 Å². The molecule has 0 aliphatic carbocycles. The van der Waals surface area contributed by atoms with E-state index in [1.165, 1.54) is 0 Å². The molecule has 6 heteroatoms. The molecule has 1 aliphatic rings. The maximum Gasteiger partial charge on any atom is 0.139 e. The van der Waals surface area contributed by atoms with Gasteiger partial charge < -0.3 is 26.1 Å². The maximum absolute atomic E-state index is 10.1. The quantitative estimate of drug-likeness (QED) is 0.167. The average molecular weight is 245 g/mol. The number of nitrogens with one attached hydrogen (secondary N) is 1. The first kappa shape index (κ1) is 14.2. The Hall–Kier alpha value is -0.850. The zero-order valence-electron chi connectivity index (χ0n) is 10.2. The van der Waals surface area contributed by atoms with Crippen molar-refractivity contribution in [3.05, 3.63) is 0 Å². The second-order valence-corrected chi connectivity index (χ2v) is 4.56. The summed E-state index contributed by atoms with van der Waals surface area (Å²) < 4.78 is 5.21. The van der Waals surface area contributed by atoms with Gasteiger partial charge in [-0.1, -0.05) is 5.16 Å². The van der Waals surface area contributed by atoms with E-state index in [-0.39, 0.29) is 5.84 Å². The standard InChI is InChI=1S/C11H23N3O3/c12-10(14-16)3-1-2-6-13-9-11(15)4-7-17-8-5-11/h13,15-16H,1-9H2,(H2,12,14). The van der Waals surface area contributed by atoms with Gasteiger partial charge in [-0.3, -0.25) is 0 Å². The summed E-state index contributed by atoms with van der Waals surface area (Å²) in [6, 6.07) is 0. The van der Waals surface area contributed by atoms with Crippen molar-refractivity contribution in [2.45, 2.75) is 37.7 Å². The Kier molecular flexibility index (Phi) is 6.25. The molecule has 1 rings (SSSR count). The van der Waals surface area contributed by atoms with Gasteiger partial charge in [0.2, 0.25) is 0 Å². The van der Waals surface area contributed by atoms with E-state index in [1.54, 1.807) is 0 Å². The van der Waals surface area contributed by atoms with Gasteiger partial charge in [-0.2, -0.15) is 0 Å². The van der Waals surface area contributed by atoms with Crippen LogP contribution in [0.15, 0.2) is 5.16 Å². The zero-order chi connectivity index (χ0) is 12.6. The summed E-state index contributed by atoms with van der Waals surface area (Å²) >= 11 is 0. The van der Waals surface area contributed by atoms with Crippen molar-refractivity contribution >= 4 is 5.84 Å². The number of oxime groups is 1. The second-order valence-electron chi connectivity index (χ2n) is 4.56. The molecule has 0 aromatic heterocycles. The number of hydrogen-bond donors (Lipinski definition) is 4. The average Bonchev–Trinajstić information content (AvgIpc) is 2.34. The van der Waals surface area contributed by atoms with Crippen LogP contribution < -0.4 is 11.1 Å². The lowest BCUT2D eigenvalue weighted by Gasteiger charge is -2.32. The molecule has 100 valence electrons. The van der Waals surface area contributed by atoms with Gasteiger partial charge in [-0.05, 0) is 19.4 Å². The summed E-state index contributed by atoms with van der Waals surface area (Å²) in [6.07, 6.45) is 3.83. The summed E-state index contributed by atoms with van der Waals surface area (Å²) in [5.74, 6) is 0.271. The first-order chi connectivity index (χ1) is 8.16. The van der Waals surface area contributed by atoms with E-state index in [9.17, 15) is 5.11 Å². The largest absolute Gasteiger partial charge is 0.409 e. The highest BCUT2D eigenvalue weighted by Crippen LogP contribution is 2.19. The lowest BCUT2D eigenvalue weighted by Crippen LogP contribution is -2.45. The van der Waals surface area contributed by atoms with Crippen molar-refractivity contribution in [1.29, 1.82) is 0 Å². The molecule has 0 bridgehead atoms. The Bertz CT molecular complexity index is 240. The number of rotatable bonds is 7. The molecule has 1 saturated heterocycles. The topological polar surface area (TPSA) is 100 Å². The number of ether oxygens (including phenoxy) is 1. The minimum atomic E-state index is -0.607. The summed E-state index contributed by atoms with van der Waals surface area (Å²) in [4.78, 5) is 0. The molecule has 0 aromatic carbocycles. The van der Waals surface area contributed by atoms with Crippen LogP contribution in [0.2, 0.25) is 0 Å². The molecule has 1 fully saturated rings. The van der Waals surface area contributed by atoms with Gasteiger partial charge in [-0.15, -0.1) is 0 Å². The van der Waals surface area contributed by atoms with E-state index in [4.69, 9.17) is 15.7 Å². The molecule has 0 aromatic rings. The molecule has 0 unspecified atom stereocenters. The Morgan fingerprint density at radius 3 is 2.71 bits per heavy atom. The fourth-order valence-electron chi connectivity index (χ4n) is 1.86. The van der Waals surface area contributed by atoms with Gasteiger partial charge in [0.25, 0.3) is 0 Å². The molecule has 0 amide bonds. The van der Waals surface area contributed by atoms with Gasteiger partial charge in [0.05, 0.1) is 5.60 Å². The van der Waals surface area contributed by atoms with Gasteiger partial charge in [0.15, 0.2) is 0 Å². The monoisotopic (exact) mass is 245 g/mol. The molecule has 1 aliphatic heterocycles. The molecule has 0 radical (unpaired) electrons. The van der Waals surface area contributed by atoms with Crippen LogP contribution >= 0.6 is 0 Å². The second kappa shape index (κ2) is 7.47. The van der Waals surface area contributed by atoms with Crippen LogP contribution in [0.3, 0.4) is 0 Å². The minimum absolute atomic E-state index is 0.271. The molecule has 1 heterocycles. The Labute approximate surface area is 102 Å². The predicted molar refractivity (Wildman–Crippen MR) is 65.1 cm³/mol. The predicted octanol–water partition coefficient (Wildman–Crippen LogP) is 0.0342. The number of hydrogen-bond acceptors (Lipinski definition) is 5. The summed E-state index contributed by atoms with van der Waals surface area (Å²) in [7, 11) is 0. The SMILES string of the molecule is NC(CCCCNCC1(O)CCOCC1)=NO. The molecular formula is C11H23N3O3. The minimum Gasteiger partial charge on any atom is -0.409 e. The number of unbranched alkanes of at least 4 members (excludes halogenated alkanes) is 1. The van der Waals surface area contributed by atoms with Crippen molar-refractivity contribution in [2.75, 3.05) is 26.3 Å². The number of nitrogens with two attached hydrogens (primary N) is 1. The molecule has 5 N–H and O–H groups in total. The molecule has 0 spiro atoms. The first-order valence-electron chi connectivity index (χ1n) is 6.13. The smallest absolute Gasteiger partial charge is 0.139 e. The third kappa shape index (κ3) is 5.86. The molecule has 0 saturated carbocycles. The maximum atomic E-state index is 10.1. The lowest BCUT2D eigenvalue weighted by atomic mass is 9.94. The van der Waals surface area contributed by atoms with Crippen molar-refractivity contribution in [2.24, 2.45) is 10.9 Å². The summed E-state index contributed by atoms with van der Waals surface area (Å²) in [6.45, 7) is 2.73. The van der Waals surface area contributed by atoms with E-state index < -0.39 is 5.60 Å².